The summed E-state index contributed by atoms with van der Waals surface area (Å²) in [4.78, 5) is 14.7. The molecule has 0 unspecified atom stereocenters. The van der Waals surface area contributed by atoms with E-state index in [9.17, 15) is 4.79 Å². The van der Waals surface area contributed by atoms with Crippen molar-refractivity contribution in [1.82, 2.24) is 5.16 Å². The molecule has 2 bridgehead atoms. The number of anilines is 1. The number of hydrogen-bond acceptors (Lipinski definition) is 6. The molecule has 2 heterocycles. The third-order valence-electron chi connectivity index (χ3n) is 8.26. The fourth-order valence-electron chi connectivity index (χ4n) is 6.32. The van der Waals surface area contributed by atoms with Crippen molar-refractivity contribution in [3.8, 4) is 11.3 Å². The Morgan fingerprint density at radius 3 is 2.50 bits per heavy atom. The van der Waals surface area contributed by atoms with Gasteiger partial charge in [-0.1, -0.05) is 34.4 Å². The Kier molecular flexibility index (Phi) is 7.12. The Morgan fingerprint density at radius 2 is 1.88 bits per heavy atom. The molecule has 0 amide bonds. The summed E-state index contributed by atoms with van der Waals surface area (Å²) in [5, 5.41) is 5.43. The van der Waals surface area contributed by atoms with Gasteiger partial charge in [0.15, 0.2) is 0 Å². The number of aromatic nitrogens is 1. The molecule has 9 heteroatoms. The summed E-state index contributed by atoms with van der Waals surface area (Å²) in [6.07, 6.45) is 3.99. The summed E-state index contributed by atoms with van der Waals surface area (Å²) in [7, 11) is 0. The van der Waals surface area contributed by atoms with Gasteiger partial charge in [0, 0.05) is 40.7 Å². The molecule has 1 saturated heterocycles. The molecule has 40 heavy (non-hydrogen) atoms. The second-order valence-corrected chi connectivity index (χ2v) is 13.0. The standard InChI is InChI=1S/C31H33Cl2FN2O4/c1-16-21-12-19(36(16)18-10-11-20(25(34)13-18)30(37)39-31(2,3)4)14-26(21)38-15-22-28(35-40-29(22)17-8-9-17)27-23(32)6-5-7-24(27)33/h5-7,10-11,13,16-17,19,21,26H,8-9,12,14-15H2,1-4H3/t16-,19+,21+,26-/m1/s1. The Labute approximate surface area is 243 Å². The van der Waals surface area contributed by atoms with E-state index in [4.69, 9.17) is 37.2 Å². The van der Waals surface area contributed by atoms with Gasteiger partial charge in [0.05, 0.1) is 28.3 Å². The number of carbonyl (C=O) groups is 1. The molecular weight excluding hydrogens is 554 g/mol. The molecule has 0 N–H and O–H groups in total. The maximum absolute atomic E-state index is 15.0. The summed E-state index contributed by atoms with van der Waals surface area (Å²) in [6.45, 7) is 7.82. The van der Waals surface area contributed by atoms with E-state index in [2.05, 4.69) is 17.0 Å². The van der Waals surface area contributed by atoms with Crippen LogP contribution in [0.5, 0.6) is 0 Å². The van der Waals surface area contributed by atoms with E-state index in [0.29, 0.717) is 33.8 Å². The number of piperidine rings is 1. The third-order valence-corrected chi connectivity index (χ3v) is 8.89. The van der Waals surface area contributed by atoms with Gasteiger partial charge in [0.2, 0.25) is 0 Å². The van der Waals surface area contributed by atoms with Crippen LogP contribution >= 0.6 is 23.2 Å². The minimum atomic E-state index is -0.688. The molecule has 212 valence electrons. The number of carbonyl (C=O) groups excluding carboxylic acids is 1. The largest absolute Gasteiger partial charge is 0.456 e. The van der Waals surface area contributed by atoms with Gasteiger partial charge < -0.3 is 18.9 Å². The number of ether oxygens (including phenoxy) is 2. The first-order valence-corrected chi connectivity index (χ1v) is 14.6. The second-order valence-electron chi connectivity index (χ2n) is 12.2. The highest BCUT2D eigenvalue weighted by molar-refractivity contribution is 6.39. The van der Waals surface area contributed by atoms with Crippen molar-refractivity contribution in [2.24, 2.45) is 5.92 Å². The Morgan fingerprint density at radius 1 is 1.15 bits per heavy atom. The summed E-state index contributed by atoms with van der Waals surface area (Å²) >= 11 is 13.0. The lowest BCUT2D eigenvalue weighted by Gasteiger charge is -2.39. The lowest BCUT2D eigenvalue weighted by molar-refractivity contribution is 0.00366. The van der Waals surface area contributed by atoms with Crippen molar-refractivity contribution in [2.75, 3.05) is 4.90 Å². The third kappa shape index (κ3) is 5.12. The van der Waals surface area contributed by atoms with Gasteiger partial charge in [0.1, 0.15) is 22.9 Å². The highest BCUT2D eigenvalue weighted by Crippen LogP contribution is 2.49. The van der Waals surface area contributed by atoms with Crippen molar-refractivity contribution in [1.29, 1.82) is 0 Å². The van der Waals surface area contributed by atoms with Crippen LogP contribution in [0.25, 0.3) is 11.3 Å². The van der Waals surface area contributed by atoms with E-state index in [0.717, 1.165) is 42.7 Å². The van der Waals surface area contributed by atoms with E-state index < -0.39 is 17.4 Å². The number of hydrogen-bond donors (Lipinski definition) is 0. The maximum Gasteiger partial charge on any atom is 0.341 e. The minimum absolute atomic E-state index is 0.0495. The molecule has 2 saturated carbocycles. The first kappa shape index (κ1) is 27.6. The van der Waals surface area contributed by atoms with Crippen LogP contribution in [0.4, 0.5) is 10.1 Å². The van der Waals surface area contributed by atoms with Crippen molar-refractivity contribution >= 4 is 34.9 Å². The van der Waals surface area contributed by atoms with Crippen LogP contribution in [-0.4, -0.2) is 34.9 Å². The molecular formula is C31H33Cl2FN2O4. The SMILES string of the molecule is C[C@@H]1[C@@H]2C[C@@H](C[C@H]2OCc2c(-c3c(Cl)cccc3Cl)noc2C2CC2)N1c1ccc(C(=O)OC(C)(C)C)c(F)c1. The summed E-state index contributed by atoms with van der Waals surface area (Å²) in [5.41, 5.74) is 2.27. The van der Waals surface area contributed by atoms with Gasteiger partial charge in [0.25, 0.3) is 0 Å². The van der Waals surface area contributed by atoms with Crippen LogP contribution < -0.4 is 4.90 Å². The molecule has 6 nitrogen and oxygen atoms in total. The molecule has 3 aromatic rings. The van der Waals surface area contributed by atoms with Crippen molar-refractivity contribution in [2.45, 2.75) is 89.7 Å². The van der Waals surface area contributed by atoms with Crippen molar-refractivity contribution in [3.05, 3.63) is 69.1 Å². The highest BCUT2D eigenvalue weighted by Gasteiger charge is 2.50. The Hall–Kier alpha value is -2.61. The number of benzene rings is 2. The molecule has 0 radical (unpaired) electrons. The Balaban J connectivity index is 1.17. The lowest BCUT2D eigenvalue weighted by atomic mass is 9.96. The van der Waals surface area contributed by atoms with Crippen molar-refractivity contribution < 1.29 is 23.2 Å². The molecule has 6 rings (SSSR count). The van der Waals surface area contributed by atoms with Crippen LogP contribution in [0.15, 0.2) is 40.9 Å². The zero-order valence-corrected chi connectivity index (χ0v) is 24.6. The molecule has 0 spiro atoms. The minimum Gasteiger partial charge on any atom is -0.456 e. The number of esters is 1. The van der Waals surface area contributed by atoms with E-state index in [-0.39, 0.29) is 29.7 Å². The molecule has 3 aliphatic rings. The average molecular weight is 588 g/mol. The molecule has 1 aromatic heterocycles. The number of rotatable bonds is 7. The van der Waals surface area contributed by atoms with Crippen LogP contribution in [0.2, 0.25) is 10.0 Å². The van der Waals surface area contributed by atoms with E-state index in [1.807, 2.05) is 12.1 Å². The summed E-state index contributed by atoms with van der Waals surface area (Å²) in [6, 6.07) is 10.6. The van der Waals surface area contributed by atoms with E-state index in [1.54, 1.807) is 32.9 Å². The summed E-state index contributed by atoms with van der Waals surface area (Å²) in [5.74, 6) is 0.284. The van der Waals surface area contributed by atoms with Crippen LogP contribution in [0.1, 0.15) is 81.0 Å². The van der Waals surface area contributed by atoms with Gasteiger partial charge in [-0.3, -0.25) is 0 Å². The zero-order chi connectivity index (χ0) is 28.3. The van der Waals surface area contributed by atoms with E-state index >= 15 is 4.39 Å². The van der Waals surface area contributed by atoms with E-state index in [1.165, 1.54) is 12.1 Å². The fourth-order valence-corrected chi connectivity index (χ4v) is 6.89. The molecule has 1 aliphatic heterocycles. The number of halogens is 3. The molecule has 2 aromatic carbocycles. The predicted octanol–water partition coefficient (Wildman–Crippen LogP) is 8.19. The van der Waals surface area contributed by atoms with Crippen LogP contribution in [0.3, 0.4) is 0 Å². The second kappa shape index (κ2) is 10.3. The fraction of sp³-hybridized carbons (Fsp3) is 0.484. The molecule has 3 fully saturated rings. The topological polar surface area (TPSA) is 64.8 Å². The maximum atomic E-state index is 15.0. The van der Waals surface area contributed by atoms with Gasteiger partial charge in [-0.05, 0) is 83.7 Å². The lowest BCUT2D eigenvalue weighted by Crippen LogP contribution is -2.45. The average Bonchev–Trinajstić information content (AvgIpc) is 3.38. The number of fused-ring (bicyclic) bond motifs is 2. The molecule has 4 atom stereocenters. The van der Waals surface area contributed by atoms with Crippen molar-refractivity contribution in [3.63, 3.8) is 0 Å². The molecule has 2 aliphatic carbocycles. The van der Waals surface area contributed by atoms with Gasteiger partial charge in [-0.15, -0.1) is 0 Å². The quantitative estimate of drug-likeness (QED) is 0.260. The Bertz CT molecular complexity index is 1430. The van der Waals surface area contributed by atoms with Gasteiger partial charge in [-0.25, -0.2) is 9.18 Å². The van der Waals surface area contributed by atoms with Gasteiger partial charge in [-0.2, -0.15) is 0 Å². The summed E-state index contributed by atoms with van der Waals surface area (Å²) < 4.78 is 32.7. The zero-order valence-electron chi connectivity index (χ0n) is 23.0. The van der Waals surface area contributed by atoms with Gasteiger partial charge >= 0.3 is 5.97 Å². The smallest absolute Gasteiger partial charge is 0.341 e. The normalized spacial score (nSPS) is 24.1. The highest BCUT2D eigenvalue weighted by atomic mass is 35.5. The predicted molar refractivity (Wildman–Crippen MR) is 153 cm³/mol. The first-order valence-electron chi connectivity index (χ1n) is 13.9. The first-order chi connectivity index (χ1) is 19.0. The van der Waals surface area contributed by atoms with Crippen LogP contribution in [0, 0.1) is 11.7 Å². The number of nitrogens with zero attached hydrogens (tertiary/aromatic N) is 2. The monoisotopic (exact) mass is 586 g/mol. The van der Waals surface area contributed by atoms with Crippen LogP contribution in [-0.2, 0) is 16.1 Å².